The third-order valence-corrected chi connectivity index (χ3v) is 4.10. The normalized spacial score (nSPS) is 18.3. The molecule has 8 nitrogen and oxygen atoms in total. The van der Waals surface area contributed by atoms with Crippen molar-refractivity contribution in [2.24, 2.45) is 4.99 Å². The molecular formula is C19H37N5O3. The second-order valence-corrected chi connectivity index (χ2v) is 7.88. The molecule has 0 aromatic carbocycles. The standard InChI is InChI=1S/C19H37N5O3/c1-7-12-24(18(26)27-19(3,4)5)13-11-21-17(20-8-2)22-15-9-10-16(25)23(6)14-15/h15H,7-14H2,1-6H3,(H2,20,21,22). The van der Waals surface area contributed by atoms with E-state index in [-0.39, 0.29) is 18.0 Å². The zero-order valence-corrected chi connectivity index (χ0v) is 17.8. The molecule has 2 amide bonds. The highest BCUT2D eigenvalue weighted by molar-refractivity contribution is 5.81. The summed E-state index contributed by atoms with van der Waals surface area (Å²) in [5, 5.41) is 6.62. The fourth-order valence-electron chi connectivity index (χ4n) is 2.82. The Morgan fingerprint density at radius 1 is 1.33 bits per heavy atom. The van der Waals surface area contributed by atoms with Crippen molar-refractivity contribution in [1.82, 2.24) is 20.4 Å². The summed E-state index contributed by atoms with van der Waals surface area (Å²) in [6.45, 7) is 12.7. The van der Waals surface area contributed by atoms with E-state index < -0.39 is 5.60 Å². The molecule has 1 saturated heterocycles. The van der Waals surface area contributed by atoms with Gasteiger partial charge in [-0.3, -0.25) is 9.79 Å². The van der Waals surface area contributed by atoms with Gasteiger partial charge in [0, 0.05) is 45.7 Å². The van der Waals surface area contributed by atoms with Crippen molar-refractivity contribution in [3.05, 3.63) is 0 Å². The SMILES string of the molecule is CCCN(CCN=C(NCC)NC1CCC(=O)N(C)C1)C(=O)OC(C)(C)C. The quantitative estimate of drug-likeness (QED) is 0.517. The molecule has 1 rings (SSSR count). The van der Waals surface area contributed by atoms with Gasteiger partial charge in [-0.15, -0.1) is 0 Å². The summed E-state index contributed by atoms with van der Waals surface area (Å²) in [6.07, 6.45) is 1.91. The van der Waals surface area contributed by atoms with Crippen molar-refractivity contribution in [3.8, 4) is 0 Å². The second kappa shape index (κ2) is 11.0. The Labute approximate surface area is 163 Å². The van der Waals surface area contributed by atoms with Gasteiger partial charge in [0.25, 0.3) is 0 Å². The Kier molecular flexibility index (Phi) is 9.38. The number of likely N-dealkylation sites (N-methyl/N-ethyl adjacent to an activating group) is 1. The predicted molar refractivity (Wildman–Crippen MR) is 108 cm³/mol. The van der Waals surface area contributed by atoms with Crippen LogP contribution in [-0.2, 0) is 9.53 Å². The maximum Gasteiger partial charge on any atom is 0.410 e. The van der Waals surface area contributed by atoms with Gasteiger partial charge in [-0.2, -0.15) is 0 Å². The van der Waals surface area contributed by atoms with Crippen molar-refractivity contribution in [2.45, 2.75) is 65.5 Å². The van der Waals surface area contributed by atoms with Gasteiger partial charge in [-0.05, 0) is 40.5 Å². The first kappa shape index (κ1) is 23.0. The van der Waals surface area contributed by atoms with Crippen LogP contribution in [0.2, 0.25) is 0 Å². The van der Waals surface area contributed by atoms with Gasteiger partial charge in [0.05, 0.1) is 6.54 Å². The Hall–Kier alpha value is -1.99. The number of piperidine rings is 1. The molecule has 1 fully saturated rings. The fourth-order valence-corrected chi connectivity index (χ4v) is 2.82. The van der Waals surface area contributed by atoms with Gasteiger partial charge in [-0.1, -0.05) is 6.92 Å². The molecule has 0 aliphatic carbocycles. The minimum atomic E-state index is -0.507. The number of nitrogens with zero attached hydrogens (tertiary/aromatic N) is 3. The second-order valence-electron chi connectivity index (χ2n) is 7.88. The summed E-state index contributed by atoms with van der Waals surface area (Å²) < 4.78 is 5.47. The molecule has 2 N–H and O–H groups in total. The molecule has 0 aromatic heterocycles. The van der Waals surface area contributed by atoms with Crippen LogP contribution in [0.3, 0.4) is 0 Å². The van der Waals surface area contributed by atoms with Crippen LogP contribution < -0.4 is 10.6 Å². The Morgan fingerprint density at radius 2 is 2.04 bits per heavy atom. The minimum absolute atomic E-state index is 0.183. The minimum Gasteiger partial charge on any atom is -0.444 e. The predicted octanol–water partition coefficient (Wildman–Crippen LogP) is 1.81. The third kappa shape index (κ3) is 8.97. The number of aliphatic imine (C=N–C) groups is 1. The summed E-state index contributed by atoms with van der Waals surface area (Å²) >= 11 is 0. The van der Waals surface area contributed by atoms with Crippen LogP contribution in [0.5, 0.6) is 0 Å². The Balaban J connectivity index is 2.61. The van der Waals surface area contributed by atoms with Gasteiger partial charge >= 0.3 is 6.09 Å². The summed E-state index contributed by atoms with van der Waals surface area (Å²) in [6, 6.07) is 0.183. The molecule has 0 saturated carbocycles. The van der Waals surface area contributed by atoms with Crippen LogP contribution in [0, 0.1) is 0 Å². The molecular weight excluding hydrogens is 346 g/mol. The number of guanidine groups is 1. The van der Waals surface area contributed by atoms with Crippen LogP contribution in [0.25, 0.3) is 0 Å². The van der Waals surface area contributed by atoms with E-state index in [1.54, 1.807) is 9.80 Å². The number of amides is 2. The van der Waals surface area contributed by atoms with E-state index in [2.05, 4.69) is 15.6 Å². The zero-order chi connectivity index (χ0) is 20.4. The number of hydrogen-bond donors (Lipinski definition) is 2. The highest BCUT2D eigenvalue weighted by Gasteiger charge is 2.24. The average molecular weight is 384 g/mol. The average Bonchev–Trinajstić information content (AvgIpc) is 2.56. The van der Waals surface area contributed by atoms with Crippen LogP contribution in [-0.4, -0.2) is 79.2 Å². The molecule has 1 unspecified atom stereocenters. The van der Waals surface area contributed by atoms with Gasteiger partial charge in [0.2, 0.25) is 5.91 Å². The first-order valence-electron chi connectivity index (χ1n) is 9.93. The molecule has 0 radical (unpaired) electrons. The Bertz CT molecular complexity index is 516. The molecule has 156 valence electrons. The monoisotopic (exact) mass is 383 g/mol. The van der Waals surface area contributed by atoms with E-state index in [4.69, 9.17) is 4.74 Å². The first-order chi connectivity index (χ1) is 12.7. The summed E-state index contributed by atoms with van der Waals surface area (Å²) in [7, 11) is 1.82. The van der Waals surface area contributed by atoms with E-state index >= 15 is 0 Å². The zero-order valence-electron chi connectivity index (χ0n) is 17.8. The lowest BCUT2D eigenvalue weighted by Gasteiger charge is -2.31. The number of likely N-dealkylation sites (tertiary alicyclic amines) is 1. The smallest absolute Gasteiger partial charge is 0.410 e. The maximum absolute atomic E-state index is 12.3. The fraction of sp³-hybridized carbons (Fsp3) is 0.842. The van der Waals surface area contributed by atoms with Gasteiger partial charge < -0.3 is 25.2 Å². The lowest BCUT2D eigenvalue weighted by atomic mass is 10.1. The van der Waals surface area contributed by atoms with Crippen LogP contribution in [0.4, 0.5) is 4.79 Å². The number of ether oxygens (including phenoxy) is 1. The van der Waals surface area contributed by atoms with Crippen molar-refractivity contribution in [3.63, 3.8) is 0 Å². The number of carbonyl (C=O) groups excluding carboxylic acids is 2. The number of hydrogen-bond acceptors (Lipinski definition) is 4. The molecule has 8 heteroatoms. The molecule has 0 bridgehead atoms. The van der Waals surface area contributed by atoms with E-state index in [9.17, 15) is 9.59 Å². The number of rotatable bonds is 7. The van der Waals surface area contributed by atoms with Crippen molar-refractivity contribution in [1.29, 1.82) is 0 Å². The van der Waals surface area contributed by atoms with E-state index in [0.29, 0.717) is 38.6 Å². The highest BCUT2D eigenvalue weighted by Crippen LogP contribution is 2.11. The van der Waals surface area contributed by atoms with Crippen LogP contribution >= 0.6 is 0 Å². The van der Waals surface area contributed by atoms with Crippen LogP contribution in [0.15, 0.2) is 4.99 Å². The summed E-state index contributed by atoms with van der Waals surface area (Å²) in [4.78, 5) is 32.0. The van der Waals surface area contributed by atoms with E-state index in [1.165, 1.54) is 0 Å². The number of nitrogens with one attached hydrogen (secondary N) is 2. The molecule has 27 heavy (non-hydrogen) atoms. The van der Waals surface area contributed by atoms with Gasteiger partial charge in [-0.25, -0.2) is 4.79 Å². The summed E-state index contributed by atoms with van der Waals surface area (Å²) in [5.41, 5.74) is -0.507. The third-order valence-electron chi connectivity index (χ3n) is 4.10. The molecule has 1 aliphatic heterocycles. The molecule has 0 aromatic rings. The van der Waals surface area contributed by atoms with Gasteiger partial charge in [0.15, 0.2) is 5.96 Å². The van der Waals surface area contributed by atoms with Crippen molar-refractivity contribution < 1.29 is 14.3 Å². The maximum atomic E-state index is 12.3. The van der Waals surface area contributed by atoms with E-state index in [1.807, 2.05) is 41.7 Å². The number of carbonyl (C=O) groups is 2. The summed E-state index contributed by atoms with van der Waals surface area (Å²) in [5.74, 6) is 0.897. The lowest BCUT2D eigenvalue weighted by molar-refractivity contribution is -0.132. The van der Waals surface area contributed by atoms with Crippen molar-refractivity contribution >= 4 is 18.0 Å². The van der Waals surface area contributed by atoms with Crippen molar-refractivity contribution in [2.75, 3.05) is 39.8 Å². The van der Waals surface area contributed by atoms with E-state index in [0.717, 1.165) is 19.4 Å². The largest absolute Gasteiger partial charge is 0.444 e. The topological polar surface area (TPSA) is 86.3 Å². The molecule has 1 aliphatic rings. The molecule has 1 heterocycles. The molecule has 1 atom stereocenters. The first-order valence-corrected chi connectivity index (χ1v) is 9.93. The van der Waals surface area contributed by atoms with Crippen LogP contribution in [0.1, 0.15) is 53.9 Å². The Morgan fingerprint density at radius 3 is 2.59 bits per heavy atom. The lowest BCUT2D eigenvalue weighted by Crippen LogP contribution is -2.51. The highest BCUT2D eigenvalue weighted by atomic mass is 16.6. The molecule has 0 spiro atoms. The van der Waals surface area contributed by atoms with Gasteiger partial charge in [0.1, 0.15) is 5.60 Å².